The second kappa shape index (κ2) is 8.53. The number of halogens is 3. The van der Waals surface area contributed by atoms with Gasteiger partial charge in [0.2, 0.25) is 5.91 Å². The summed E-state index contributed by atoms with van der Waals surface area (Å²) >= 11 is 0. The Morgan fingerprint density at radius 1 is 1.08 bits per heavy atom. The highest BCUT2D eigenvalue weighted by atomic mass is 19.4. The van der Waals surface area contributed by atoms with Gasteiger partial charge in [-0.25, -0.2) is 5.43 Å². The maximum atomic E-state index is 12.6. The monoisotopic (exact) mass is 352 g/mol. The van der Waals surface area contributed by atoms with Crippen molar-refractivity contribution in [3.8, 4) is 5.75 Å². The smallest absolute Gasteiger partial charge is 0.416 e. The van der Waals surface area contributed by atoms with Gasteiger partial charge in [-0.2, -0.15) is 13.2 Å². The van der Waals surface area contributed by atoms with Gasteiger partial charge in [0.25, 0.3) is 0 Å². The van der Waals surface area contributed by atoms with E-state index in [1.807, 2.05) is 30.3 Å². The van der Waals surface area contributed by atoms with Gasteiger partial charge in [-0.05, 0) is 29.8 Å². The number of amides is 1. The van der Waals surface area contributed by atoms with E-state index in [-0.39, 0.29) is 12.0 Å². The van der Waals surface area contributed by atoms with E-state index in [4.69, 9.17) is 4.74 Å². The maximum Gasteiger partial charge on any atom is 0.416 e. The molecule has 134 valence electrons. The van der Waals surface area contributed by atoms with E-state index in [9.17, 15) is 18.0 Å². The first-order valence-electron chi connectivity index (χ1n) is 7.74. The van der Waals surface area contributed by atoms with Gasteiger partial charge in [-0.15, -0.1) is 0 Å². The third kappa shape index (κ3) is 6.11. The van der Waals surface area contributed by atoms with Crippen molar-refractivity contribution in [2.45, 2.75) is 25.6 Å². The molecule has 0 aliphatic heterocycles. The fourth-order valence-corrected chi connectivity index (χ4v) is 2.24. The predicted molar refractivity (Wildman–Crippen MR) is 87.7 cm³/mol. The van der Waals surface area contributed by atoms with E-state index in [2.05, 4.69) is 10.9 Å². The number of carbonyl (C=O) groups excluding carboxylic acids is 1. The van der Waals surface area contributed by atoms with Crippen LogP contribution in [0.1, 0.15) is 30.6 Å². The molecule has 0 spiro atoms. The minimum absolute atomic E-state index is 0.208. The Hall–Kier alpha value is -2.54. The van der Waals surface area contributed by atoms with E-state index in [1.54, 1.807) is 0 Å². The second-order valence-corrected chi connectivity index (χ2v) is 5.44. The molecule has 0 aromatic heterocycles. The highest BCUT2D eigenvalue weighted by Crippen LogP contribution is 2.31. The summed E-state index contributed by atoms with van der Waals surface area (Å²) in [6.07, 6.45) is -4.22. The van der Waals surface area contributed by atoms with Crippen LogP contribution in [0.15, 0.2) is 54.6 Å². The molecule has 2 rings (SSSR count). The number of hydrazine groups is 1. The van der Waals surface area contributed by atoms with Crippen molar-refractivity contribution in [2.75, 3.05) is 6.54 Å². The number of nitrogens with one attached hydrogen (secondary N) is 2. The first kappa shape index (κ1) is 18.8. The van der Waals surface area contributed by atoms with Crippen LogP contribution in [0.2, 0.25) is 0 Å². The van der Waals surface area contributed by atoms with Crippen LogP contribution in [0.3, 0.4) is 0 Å². The zero-order chi connectivity index (χ0) is 18.3. The quantitative estimate of drug-likeness (QED) is 0.588. The van der Waals surface area contributed by atoms with Gasteiger partial charge < -0.3 is 4.74 Å². The summed E-state index contributed by atoms with van der Waals surface area (Å²) in [6, 6.07) is 14.0. The van der Waals surface area contributed by atoms with Crippen LogP contribution in [-0.2, 0) is 11.0 Å². The molecule has 0 fully saturated rings. The number of benzene rings is 2. The molecule has 25 heavy (non-hydrogen) atoms. The molecule has 0 heterocycles. The summed E-state index contributed by atoms with van der Waals surface area (Å²) in [7, 11) is 0. The van der Waals surface area contributed by atoms with Crippen molar-refractivity contribution >= 4 is 5.91 Å². The molecule has 0 radical (unpaired) electrons. The van der Waals surface area contributed by atoms with Crippen molar-refractivity contribution in [3.05, 3.63) is 65.7 Å². The minimum atomic E-state index is -4.38. The number of ether oxygens (including phenoxy) is 1. The molecule has 1 unspecified atom stereocenters. The lowest BCUT2D eigenvalue weighted by molar-refractivity contribution is -0.137. The molecule has 0 aliphatic rings. The van der Waals surface area contributed by atoms with Crippen molar-refractivity contribution in [1.82, 2.24) is 10.9 Å². The molecule has 4 nitrogen and oxygen atoms in total. The number of hydrogen-bond acceptors (Lipinski definition) is 3. The van der Waals surface area contributed by atoms with E-state index < -0.39 is 11.7 Å². The van der Waals surface area contributed by atoms with Crippen LogP contribution in [0.5, 0.6) is 5.75 Å². The molecule has 0 saturated carbocycles. The van der Waals surface area contributed by atoms with Crippen molar-refractivity contribution in [2.24, 2.45) is 0 Å². The largest absolute Gasteiger partial charge is 0.486 e. The Kier molecular flexibility index (Phi) is 6.41. The number of alkyl halides is 3. The number of rotatable bonds is 7. The topological polar surface area (TPSA) is 50.4 Å². The zero-order valence-electron chi connectivity index (χ0n) is 13.6. The van der Waals surface area contributed by atoms with Gasteiger partial charge >= 0.3 is 6.18 Å². The summed E-state index contributed by atoms with van der Waals surface area (Å²) in [5.41, 5.74) is 5.42. The molecule has 2 aromatic rings. The standard InChI is InChI=1S/C18H19F3N2O2/c1-13(24)23-22-12-11-17(14-5-3-2-4-6-14)25-16-9-7-15(8-10-16)18(19,20)21/h2-10,17,22H,11-12H2,1H3,(H,23,24). The molecular weight excluding hydrogens is 333 g/mol. The van der Waals surface area contributed by atoms with Gasteiger partial charge in [-0.3, -0.25) is 10.2 Å². The molecule has 1 amide bonds. The highest BCUT2D eigenvalue weighted by Gasteiger charge is 2.30. The third-order valence-corrected chi connectivity index (χ3v) is 3.43. The van der Waals surface area contributed by atoms with Crippen LogP contribution >= 0.6 is 0 Å². The number of hydrogen-bond donors (Lipinski definition) is 2. The maximum absolute atomic E-state index is 12.6. The first-order valence-corrected chi connectivity index (χ1v) is 7.74. The minimum Gasteiger partial charge on any atom is -0.486 e. The lowest BCUT2D eigenvalue weighted by Gasteiger charge is -2.20. The van der Waals surface area contributed by atoms with Gasteiger partial charge in [-0.1, -0.05) is 30.3 Å². The molecule has 0 bridgehead atoms. The second-order valence-electron chi connectivity index (χ2n) is 5.44. The normalized spacial score (nSPS) is 12.5. The zero-order valence-corrected chi connectivity index (χ0v) is 13.6. The van der Waals surface area contributed by atoms with Crippen LogP contribution in [0.4, 0.5) is 13.2 Å². The molecule has 7 heteroatoms. The summed E-state index contributed by atoms with van der Waals surface area (Å²) in [6.45, 7) is 1.83. The molecule has 1 atom stereocenters. The SMILES string of the molecule is CC(=O)NNCCC(Oc1ccc(C(F)(F)F)cc1)c1ccccc1. The Labute approximate surface area is 144 Å². The fraction of sp³-hybridized carbons (Fsp3) is 0.278. The van der Waals surface area contributed by atoms with Gasteiger partial charge in [0.15, 0.2) is 0 Å². The van der Waals surface area contributed by atoms with E-state index in [0.29, 0.717) is 18.7 Å². The van der Waals surface area contributed by atoms with Crippen molar-refractivity contribution in [3.63, 3.8) is 0 Å². The first-order chi connectivity index (χ1) is 11.9. The Morgan fingerprint density at radius 3 is 2.28 bits per heavy atom. The molecule has 0 saturated heterocycles. The fourth-order valence-electron chi connectivity index (χ4n) is 2.24. The van der Waals surface area contributed by atoms with Crippen LogP contribution in [-0.4, -0.2) is 12.5 Å². The Morgan fingerprint density at radius 2 is 1.72 bits per heavy atom. The average Bonchev–Trinajstić information content (AvgIpc) is 2.58. The Balaban J connectivity index is 2.06. The molecule has 0 aliphatic carbocycles. The lowest BCUT2D eigenvalue weighted by Crippen LogP contribution is -2.37. The molecule has 2 N–H and O–H groups in total. The van der Waals surface area contributed by atoms with Crippen LogP contribution in [0.25, 0.3) is 0 Å². The lowest BCUT2D eigenvalue weighted by atomic mass is 10.1. The van der Waals surface area contributed by atoms with Crippen LogP contribution in [0, 0.1) is 0 Å². The van der Waals surface area contributed by atoms with Crippen molar-refractivity contribution < 1.29 is 22.7 Å². The Bertz CT molecular complexity index is 673. The summed E-state index contributed by atoms with van der Waals surface area (Å²) in [5.74, 6) is 0.140. The average molecular weight is 352 g/mol. The summed E-state index contributed by atoms with van der Waals surface area (Å²) in [4.78, 5) is 10.9. The van der Waals surface area contributed by atoms with E-state index >= 15 is 0 Å². The highest BCUT2D eigenvalue weighted by molar-refractivity contribution is 5.72. The molecule has 2 aromatic carbocycles. The van der Waals surface area contributed by atoms with Crippen LogP contribution < -0.4 is 15.6 Å². The summed E-state index contributed by atoms with van der Waals surface area (Å²) in [5, 5.41) is 0. The third-order valence-electron chi connectivity index (χ3n) is 3.43. The van der Waals surface area contributed by atoms with Gasteiger partial charge in [0, 0.05) is 19.9 Å². The van der Waals surface area contributed by atoms with Crippen molar-refractivity contribution in [1.29, 1.82) is 0 Å². The molecular formula is C18H19F3N2O2. The summed E-state index contributed by atoms with van der Waals surface area (Å²) < 4.78 is 43.8. The van der Waals surface area contributed by atoms with Gasteiger partial charge in [0.1, 0.15) is 11.9 Å². The van der Waals surface area contributed by atoms with Gasteiger partial charge in [0.05, 0.1) is 5.56 Å². The number of carbonyl (C=O) groups is 1. The van der Waals surface area contributed by atoms with E-state index in [1.165, 1.54) is 19.1 Å². The predicted octanol–water partition coefficient (Wildman–Crippen LogP) is 3.86. The van der Waals surface area contributed by atoms with E-state index in [0.717, 1.165) is 17.7 Å².